The highest BCUT2D eigenvalue weighted by Gasteiger charge is 2.33. The highest BCUT2D eigenvalue weighted by atomic mass is 35.5. The van der Waals surface area contributed by atoms with Crippen molar-refractivity contribution in [2.45, 2.75) is 25.3 Å². The van der Waals surface area contributed by atoms with Gasteiger partial charge in [0.2, 0.25) is 5.91 Å². The first-order valence-corrected chi connectivity index (χ1v) is 13.4. The number of nitrogens with zero attached hydrogens (tertiary/aromatic N) is 4. The van der Waals surface area contributed by atoms with E-state index in [2.05, 4.69) is 21.9 Å². The number of hydrogen-bond donors (Lipinski definition) is 3. The fraction of sp³-hybridized carbons (Fsp3) is 0.167. The molecular formula is C30H28ClN7O3. The van der Waals surface area contributed by atoms with Crippen molar-refractivity contribution in [3.05, 3.63) is 102 Å². The van der Waals surface area contributed by atoms with E-state index >= 15 is 0 Å². The van der Waals surface area contributed by atoms with E-state index in [1.807, 2.05) is 18.2 Å². The first-order chi connectivity index (χ1) is 19.8. The Balaban J connectivity index is 1.39. The number of amides is 3. The summed E-state index contributed by atoms with van der Waals surface area (Å²) < 4.78 is 1.16. The van der Waals surface area contributed by atoms with Crippen LogP contribution in [0.15, 0.2) is 79.5 Å². The summed E-state index contributed by atoms with van der Waals surface area (Å²) >= 11 is 5.99. The number of imidazole rings is 1. The van der Waals surface area contributed by atoms with E-state index in [9.17, 15) is 14.4 Å². The number of nitrogens with one attached hydrogen (secondary N) is 1. The van der Waals surface area contributed by atoms with E-state index in [0.29, 0.717) is 40.8 Å². The van der Waals surface area contributed by atoms with Crippen LogP contribution in [0.5, 0.6) is 0 Å². The molecule has 1 aliphatic rings. The lowest BCUT2D eigenvalue weighted by Crippen LogP contribution is -2.39. The fourth-order valence-electron chi connectivity index (χ4n) is 4.99. The lowest BCUT2D eigenvalue weighted by Gasteiger charge is -2.34. The average Bonchev–Trinajstić information content (AvgIpc) is 3.34. The van der Waals surface area contributed by atoms with E-state index in [4.69, 9.17) is 23.2 Å². The lowest BCUT2D eigenvalue weighted by molar-refractivity contribution is -0.129. The number of rotatable bonds is 7. The van der Waals surface area contributed by atoms with Crippen LogP contribution in [0.25, 0.3) is 22.4 Å². The highest BCUT2D eigenvalue weighted by Crippen LogP contribution is 2.33. The molecule has 5 rings (SSSR count). The van der Waals surface area contributed by atoms with Gasteiger partial charge in [0.15, 0.2) is 11.5 Å². The topological polar surface area (TPSA) is 149 Å². The minimum atomic E-state index is -0.757. The number of anilines is 1. The van der Waals surface area contributed by atoms with Gasteiger partial charge >= 0.3 is 0 Å². The number of aromatic nitrogens is 3. The maximum Gasteiger partial charge on any atom is 0.269 e. The van der Waals surface area contributed by atoms with E-state index < -0.39 is 11.9 Å². The minimum absolute atomic E-state index is 0.0111. The molecule has 2 aromatic heterocycles. The Morgan fingerprint density at radius 2 is 1.71 bits per heavy atom. The van der Waals surface area contributed by atoms with Gasteiger partial charge in [0.25, 0.3) is 11.8 Å². The molecule has 0 bridgehead atoms. The van der Waals surface area contributed by atoms with Crippen LogP contribution in [-0.4, -0.2) is 43.8 Å². The van der Waals surface area contributed by atoms with Crippen molar-refractivity contribution >= 4 is 35.1 Å². The molecule has 10 nitrogen and oxygen atoms in total. The summed E-state index contributed by atoms with van der Waals surface area (Å²) in [6.07, 6.45) is 5.23. The number of hydrogen-bond acceptors (Lipinski definition) is 6. The van der Waals surface area contributed by atoms with Crippen LogP contribution in [0.3, 0.4) is 0 Å². The number of likely N-dealkylation sites (tertiary alicyclic amines) is 1. The number of carbonyl (C=O) groups is 3. The van der Waals surface area contributed by atoms with Gasteiger partial charge in [-0.15, -0.1) is 0 Å². The highest BCUT2D eigenvalue weighted by molar-refractivity contribution is 6.30. The van der Waals surface area contributed by atoms with Crippen LogP contribution in [0.4, 0.5) is 5.82 Å². The maximum atomic E-state index is 13.0. The van der Waals surface area contributed by atoms with Crippen molar-refractivity contribution < 1.29 is 14.4 Å². The van der Waals surface area contributed by atoms with Gasteiger partial charge in [0.1, 0.15) is 11.5 Å². The van der Waals surface area contributed by atoms with Crippen molar-refractivity contribution in [2.24, 2.45) is 5.73 Å². The standard InChI is InChI=1S/C30H28ClN7O3/c1-2-25(39)37-16-4-3-5-23(37)29-36-26(27(28(32)40)38(29)33)19-6-8-20(9-7-19)30(41)35-24-17-21(14-15-34-24)18-10-12-22(31)13-11-18/h2,6-15,17,23H,1,3-5,16,33H2,(H2,32,40)(H,34,35,41)/t23-/m0/s1. The molecule has 1 aliphatic heterocycles. The molecule has 0 unspecified atom stereocenters. The molecule has 0 aliphatic carbocycles. The summed E-state index contributed by atoms with van der Waals surface area (Å²) in [5.41, 5.74) is 8.70. The second kappa shape index (κ2) is 11.6. The molecule has 2 aromatic carbocycles. The summed E-state index contributed by atoms with van der Waals surface area (Å²) in [5.74, 6) is 5.71. The lowest BCUT2D eigenvalue weighted by atomic mass is 10.0. The van der Waals surface area contributed by atoms with Crippen LogP contribution < -0.4 is 16.9 Å². The third-order valence-corrected chi connectivity index (χ3v) is 7.28. The van der Waals surface area contributed by atoms with Crippen molar-refractivity contribution in [3.8, 4) is 22.4 Å². The van der Waals surface area contributed by atoms with Crippen LogP contribution in [0.2, 0.25) is 5.02 Å². The zero-order chi connectivity index (χ0) is 29.1. The predicted octanol–water partition coefficient (Wildman–Crippen LogP) is 4.57. The molecule has 4 aromatic rings. The molecule has 1 saturated heterocycles. The molecule has 0 radical (unpaired) electrons. The number of piperidine rings is 1. The maximum absolute atomic E-state index is 13.0. The minimum Gasteiger partial charge on any atom is -0.364 e. The first-order valence-electron chi connectivity index (χ1n) is 13.0. The van der Waals surface area contributed by atoms with Crippen molar-refractivity contribution in [2.75, 3.05) is 17.7 Å². The van der Waals surface area contributed by atoms with Gasteiger partial charge in [-0.2, -0.15) is 0 Å². The Hall–Kier alpha value is -4.96. The average molecular weight is 570 g/mol. The van der Waals surface area contributed by atoms with Crippen LogP contribution in [-0.2, 0) is 4.79 Å². The zero-order valence-electron chi connectivity index (χ0n) is 22.1. The third kappa shape index (κ3) is 5.68. The van der Waals surface area contributed by atoms with Crippen LogP contribution in [0.1, 0.15) is 52.0 Å². The molecule has 0 saturated carbocycles. The van der Waals surface area contributed by atoms with Gasteiger partial charge in [0, 0.05) is 28.9 Å². The number of nitrogens with two attached hydrogens (primary N) is 2. The Morgan fingerprint density at radius 1 is 1.00 bits per heavy atom. The molecule has 0 spiro atoms. The van der Waals surface area contributed by atoms with Gasteiger partial charge in [-0.3, -0.25) is 14.4 Å². The van der Waals surface area contributed by atoms with Gasteiger partial charge in [-0.05, 0) is 72.9 Å². The number of nitrogen functional groups attached to an aromatic ring is 1. The predicted molar refractivity (Wildman–Crippen MR) is 157 cm³/mol. The largest absolute Gasteiger partial charge is 0.364 e. The monoisotopic (exact) mass is 569 g/mol. The smallest absolute Gasteiger partial charge is 0.269 e. The van der Waals surface area contributed by atoms with Gasteiger partial charge in [0.05, 0.1) is 6.04 Å². The third-order valence-electron chi connectivity index (χ3n) is 7.03. The van der Waals surface area contributed by atoms with E-state index in [0.717, 1.165) is 28.6 Å². The zero-order valence-corrected chi connectivity index (χ0v) is 22.8. The second-order valence-corrected chi connectivity index (χ2v) is 10.1. The van der Waals surface area contributed by atoms with Gasteiger partial charge in [-0.1, -0.05) is 42.4 Å². The number of halogens is 1. The number of carbonyl (C=O) groups excluding carboxylic acids is 3. The summed E-state index contributed by atoms with van der Waals surface area (Å²) in [5, 5.41) is 3.45. The summed E-state index contributed by atoms with van der Waals surface area (Å²) in [7, 11) is 0. The SMILES string of the molecule is C=CC(=O)N1CCCC[C@H]1c1nc(-c2ccc(C(=O)Nc3cc(-c4ccc(Cl)cc4)ccn3)cc2)c(C(N)=O)n1N. The Kier molecular flexibility index (Phi) is 7.84. The summed E-state index contributed by atoms with van der Waals surface area (Å²) in [6, 6.07) is 17.1. The van der Waals surface area contributed by atoms with E-state index in [-0.39, 0.29) is 23.2 Å². The Bertz CT molecular complexity index is 1630. The Labute approximate surface area is 241 Å². The summed E-state index contributed by atoms with van der Waals surface area (Å²) in [6.45, 7) is 4.12. The van der Waals surface area contributed by atoms with Crippen LogP contribution in [0, 0.1) is 0 Å². The second-order valence-electron chi connectivity index (χ2n) is 9.62. The van der Waals surface area contributed by atoms with Crippen molar-refractivity contribution in [3.63, 3.8) is 0 Å². The van der Waals surface area contributed by atoms with Crippen molar-refractivity contribution in [1.29, 1.82) is 0 Å². The van der Waals surface area contributed by atoms with Gasteiger partial charge in [-0.25, -0.2) is 14.6 Å². The molecule has 5 N–H and O–H groups in total. The fourth-order valence-corrected chi connectivity index (χ4v) is 5.12. The molecule has 1 atom stereocenters. The molecule has 41 heavy (non-hydrogen) atoms. The normalized spacial score (nSPS) is 14.9. The molecule has 208 valence electrons. The molecule has 11 heteroatoms. The van der Waals surface area contributed by atoms with Crippen molar-refractivity contribution in [1.82, 2.24) is 19.5 Å². The molecular weight excluding hydrogens is 542 g/mol. The summed E-state index contributed by atoms with van der Waals surface area (Å²) in [4.78, 5) is 48.5. The quantitative estimate of drug-likeness (QED) is 0.219. The molecule has 1 fully saturated rings. The van der Waals surface area contributed by atoms with E-state index in [1.165, 1.54) is 6.08 Å². The number of primary amides is 1. The molecule has 3 amide bonds. The number of benzene rings is 2. The van der Waals surface area contributed by atoms with Crippen LogP contribution >= 0.6 is 11.6 Å². The van der Waals surface area contributed by atoms with Gasteiger partial charge < -0.3 is 21.8 Å². The van der Waals surface area contributed by atoms with E-state index in [1.54, 1.807) is 53.6 Å². The Morgan fingerprint density at radius 3 is 2.39 bits per heavy atom. The number of pyridine rings is 1. The first kappa shape index (κ1) is 27.6. The molecule has 3 heterocycles.